The number of ether oxygens (including phenoxy) is 2. The molecule has 128 valence electrons. The Kier molecular flexibility index (Phi) is 5.57. The molecular formula is C17H19FN2O4. The lowest BCUT2D eigenvalue weighted by Crippen LogP contribution is -2.21. The number of likely N-dealkylation sites (N-methyl/N-ethyl adjacent to an activating group) is 1. The number of benzene rings is 2. The number of nitrogens with zero attached hydrogens (tertiary/aromatic N) is 2. The normalized spacial score (nSPS) is 10.3. The Labute approximate surface area is 139 Å². The maximum atomic E-state index is 13.2. The number of anilines is 1. The average Bonchev–Trinajstić information content (AvgIpc) is 2.59. The first-order valence-electron chi connectivity index (χ1n) is 7.32. The smallest absolute Gasteiger partial charge is 0.295 e. The highest BCUT2D eigenvalue weighted by Gasteiger charge is 2.18. The van der Waals surface area contributed by atoms with Crippen molar-refractivity contribution in [2.75, 3.05) is 32.7 Å². The Morgan fingerprint density at radius 3 is 2.46 bits per heavy atom. The largest absolute Gasteiger partial charge is 0.493 e. The first-order chi connectivity index (χ1) is 11.5. The maximum Gasteiger partial charge on any atom is 0.295 e. The Bertz CT molecular complexity index is 737. The van der Waals surface area contributed by atoms with Crippen LogP contribution in [0, 0.1) is 15.9 Å². The average molecular weight is 334 g/mol. The molecule has 0 saturated heterocycles. The molecule has 0 N–H and O–H groups in total. The van der Waals surface area contributed by atoms with Crippen LogP contribution in [0.15, 0.2) is 36.4 Å². The summed E-state index contributed by atoms with van der Waals surface area (Å²) in [6.07, 6.45) is 0.644. The lowest BCUT2D eigenvalue weighted by Gasteiger charge is -2.19. The number of hydrogen-bond acceptors (Lipinski definition) is 5. The molecule has 0 aliphatic heterocycles. The highest BCUT2D eigenvalue weighted by molar-refractivity contribution is 5.62. The zero-order valence-corrected chi connectivity index (χ0v) is 13.8. The summed E-state index contributed by atoms with van der Waals surface area (Å²) in [5.74, 6) is 0.646. The molecule has 0 fully saturated rings. The van der Waals surface area contributed by atoms with Gasteiger partial charge in [0.05, 0.1) is 25.2 Å². The van der Waals surface area contributed by atoms with E-state index in [-0.39, 0.29) is 5.69 Å². The van der Waals surface area contributed by atoms with Crippen LogP contribution in [-0.4, -0.2) is 32.7 Å². The van der Waals surface area contributed by atoms with Crippen molar-refractivity contribution in [2.24, 2.45) is 0 Å². The summed E-state index contributed by atoms with van der Waals surface area (Å²) in [5, 5.41) is 11.1. The molecule has 0 bridgehead atoms. The van der Waals surface area contributed by atoms with E-state index >= 15 is 0 Å². The summed E-state index contributed by atoms with van der Waals surface area (Å²) >= 11 is 0. The summed E-state index contributed by atoms with van der Waals surface area (Å²) in [4.78, 5) is 12.2. The number of nitro groups is 1. The van der Waals surface area contributed by atoms with Gasteiger partial charge in [-0.2, -0.15) is 0 Å². The third kappa shape index (κ3) is 3.92. The minimum atomic E-state index is -0.626. The molecular weight excluding hydrogens is 315 g/mol. The predicted octanol–water partition coefficient (Wildman–Crippen LogP) is 3.43. The molecule has 0 aliphatic rings. The zero-order valence-electron chi connectivity index (χ0n) is 13.8. The van der Waals surface area contributed by atoms with Crippen molar-refractivity contribution in [3.63, 3.8) is 0 Å². The van der Waals surface area contributed by atoms with Crippen LogP contribution in [-0.2, 0) is 6.42 Å². The van der Waals surface area contributed by atoms with E-state index in [2.05, 4.69) is 0 Å². The van der Waals surface area contributed by atoms with Gasteiger partial charge in [0.2, 0.25) is 0 Å². The van der Waals surface area contributed by atoms with Gasteiger partial charge in [0.1, 0.15) is 11.5 Å². The van der Waals surface area contributed by atoms with Crippen molar-refractivity contribution in [3.05, 3.63) is 57.9 Å². The first-order valence-corrected chi connectivity index (χ1v) is 7.32. The van der Waals surface area contributed by atoms with Crippen molar-refractivity contribution < 1.29 is 18.8 Å². The lowest BCUT2D eigenvalue weighted by molar-refractivity contribution is -0.384. The van der Waals surface area contributed by atoms with Crippen LogP contribution >= 0.6 is 0 Å². The Morgan fingerprint density at radius 1 is 1.12 bits per heavy atom. The standard InChI is InChI=1S/C17H19FN2O4/c1-19(14-6-5-13(18)11-15(14)20(21)22)9-8-12-4-7-16(23-2)17(10-12)24-3/h4-7,10-11H,8-9H2,1-3H3. The highest BCUT2D eigenvalue weighted by atomic mass is 19.1. The van der Waals surface area contributed by atoms with Gasteiger partial charge in [-0.1, -0.05) is 6.07 Å². The predicted molar refractivity (Wildman–Crippen MR) is 89.6 cm³/mol. The zero-order chi connectivity index (χ0) is 17.7. The molecule has 0 atom stereocenters. The molecule has 0 radical (unpaired) electrons. The van der Waals surface area contributed by atoms with Gasteiger partial charge in [-0.3, -0.25) is 10.1 Å². The summed E-state index contributed by atoms with van der Waals surface area (Å²) in [7, 11) is 4.87. The Balaban J connectivity index is 2.14. The van der Waals surface area contributed by atoms with E-state index in [0.29, 0.717) is 30.2 Å². The van der Waals surface area contributed by atoms with Crippen molar-refractivity contribution in [3.8, 4) is 11.5 Å². The van der Waals surface area contributed by atoms with Crippen LogP contribution in [0.2, 0.25) is 0 Å². The Morgan fingerprint density at radius 2 is 1.83 bits per heavy atom. The highest BCUT2D eigenvalue weighted by Crippen LogP contribution is 2.30. The second-order valence-corrected chi connectivity index (χ2v) is 5.25. The van der Waals surface area contributed by atoms with Crippen LogP contribution in [0.4, 0.5) is 15.8 Å². The van der Waals surface area contributed by atoms with Gasteiger partial charge in [0.25, 0.3) is 5.69 Å². The molecule has 2 aromatic rings. The molecule has 0 unspecified atom stereocenters. The van der Waals surface area contributed by atoms with Gasteiger partial charge in [-0.05, 0) is 36.2 Å². The molecule has 2 aromatic carbocycles. The van der Waals surface area contributed by atoms with Crippen molar-refractivity contribution in [1.82, 2.24) is 0 Å². The van der Waals surface area contributed by atoms with Gasteiger partial charge in [-0.15, -0.1) is 0 Å². The molecule has 6 nitrogen and oxygen atoms in total. The molecule has 0 heterocycles. The van der Waals surface area contributed by atoms with Crippen LogP contribution in [0.25, 0.3) is 0 Å². The minimum Gasteiger partial charge on any atom is -0.493 e. The van der Waals surface area contributed by atoms with E-state index in [1.54, 1.807) is 26.2 Å². The SMILES string of the molecule is COc1ccc(CCN(C)c2ccc(F)cc2[N+](=O)[O-])cc1OC. The third-order valence-electron chi connectivity index (χ3n) is 3.73. The summed E-state index contributed by atoms with van der Waals surface area (Å²) < 4.78 is 23.7. The number of rotatable bonds is 7. The fraction of sp³-hybridized carbons (Fsp3) is 0.294. The summed E-state index contributed by atoms with van der Waals surface area (Å²) in [6, 6.07) is 9.16. The maximum absolute atomic E-state index is 13.2. The lowest BCUT2D eigenvalue weighted by atomic mass is 10.1. The summed E-state index contributed by atoms with van der Waals surface area (Å²) in [5.41, 5.74) is 1.14. The topological polar surface area (TPSA) is 64.8 Å². The number of hydrogen-bond donors (Lipinski definition) is 0. The summed E-state index contributed by atoms with van der Waals surface area (Å²) in [6.45, 7) is 0.530. The van der Waals surface area contributed by atoms with Crippen LogP contribution in [0.3, 0.4) is 0 Å². The van der Waals surface area contributed by atoms with Gasteiger partial charge < -0.3 is 14.4 Å². The van der Waals surface area contributed by atoms with E-state index in [1.165, 1.54) is 12.1 Å². The van der Waals surface area contributed by atoms with Crippen LogP contribution in [0.5, 0.6) is 11.5 Å². The van der Waals surface area contributed by atoms with E-state index < -0.39 is 10.7 Å². The second kappa shape index (κ2) is 7.63. The van der Waals surface area contributed by atoms with E-state index in [4.69, 9.17) is 9.47 Å². The monoisotopic (exact) mass is 334 g/mol. The second-order valence-electron chi connectivity index (χ2n) is 5.25. The minimum absolute atomic E-state index is 0.246. The first kappa shape index (κ1) is 17.5. The van der Waals surface area contributed by atoms with Crippen LogP contribution < -0.4 is 14.4 Å². The van der Waals surface area contributed by atoms with E-state index in [1.807, 2.05) is 18.2 Å². The molecule has 7 heteroatoms. The van der Waals surface area contributed by atoms with Gasteiger partial charge in [-0.25, -0.2) is 4.39 Å². The van der Waals surface area contributed by atoms with E-state index in [0.717, 1.165) is 11.6 Å². The van der Waals surface area contributed by atoms with E-state index in [9.17, 15) is 14.5 Å². The molecule has 0 spiro atoms. The molecule has 2 rings (SSSR count). The fourth-order valence-corrected chi connectivity index (χ4v) is 2.42. The van der Waals surface area contributed by atoms with Gasteiger partial charge in [0.15, 0.2) is 11.5 Å². The molecule has 0 amide bonds. The third-order valence-corrected chi connectivity index (χ3v) is 3.73. The molecule has 0 aromatic heterocycles. The molecule has 24 heavy (non-hydrogen) atoms. The van der Waals surface area contributed by atoms with Crippen LogP contribution in [0.1, 0.15) is 5.56 Å². The van der Waals surface area contributed by atoms with Crippen molar-refractivity contribution >= 4 is 11.4 Å². The molecule has 0 aliphatic carbocycles. The van der Waals surface area contributed by atoms with Crippen molar-refractivity contribution in [2.45, 2.75) is 6.42 Å². The Hall–Kier alpha value is -2.83. The fourth-order valence-electron chi connectivity index (χ4n) is 2.42. The van der Waals surface area contributed by atoms with Gasteiger partial charge in [0, 0.05) is 13.6 Å². The quantitative estimate of drug-likeness (QED) is 0.573. The number of nitro benzene ring substituents is 1. The molecule has 0 saturated carbocycles. The van der Waals surface area contributed by atoms with Crippen molar-refractivity contribution in [1.29, 1.82) is 0 Å². The van der Waals surface area contributed by atoms with Gasteiger partial charge >= 0.3 is 0 Å². The number of methoxy groups -OCH3 is 2. The number of halogens is 1.